The van der Waals surface area contributed by atoms with Gasteiger partial charge in [0.15, 0.2) is 5.62 Å². The molecular weight excluding hydrogens is 334 g/mol. The van der Waals surface area contributed by atoms with Crippen molar-refractivity contribution in [3.63, 3.8) is 0 Å². The first-order valence-electron chi connectivity index (χ1n) is 4.27. The molecule has 1 rings (SSSR count). The SMILES string of the molecule is CC/C=C(/I)C1=C(C)NC(Cl)N=C1Cl. The van der Waals surface area contributed by atoms with Crippen LogP contribution in [0.4, 0.5) is 0 Å². The average Bonchev–Trinajstić information content (AvgIpc) is 2.01. The molecule has 1 atom stereocenters. The Morgan fingerprint density at radius 3 is 2.86 bits per heavy atom. The second-order valence-electron chi connectivity index (χ2n) is 2.86. The number of aliphatic imine (C=N–C) groups is 1. The van der Waals surface area contributed by atoms with Gasteiger partial charge in [-0.3, -0.25) is 0 Å². The quantitative estimate of drug-likeness (QED) is 0.460. The lowest BCUT2D eigenvalue weighted by atomic mass is 10.2. The van der Waals surface area contributed by atoms with E-state index in [1.807, 2.05) is 6.92 Å². The summed E-state index contributed by atoms with van der Waals surface area (Å²) in [6.07, 6.45) is 3.08. The summed E-state index contributed by atoms with van der Waals surface area (Å²) < 4.78 is 1.10. The van der Waals surface area contributed by atoms with Crippen LogP contribution >= 0.6 is 45.8 Å². The van der Waals surface area contributed by atoms with E-state index < -0.39 is 5.62 Å². The van der Waals surface area contributed by atoms with Crippen molar-refractivity contribution in [1.82, 2.24) is 5.32 Å². The molecular formula is C9H11Cl2IN2. The Bertz CT molecular complexity index is 315. The van der Waals surface area contributed by atoms with E-state index in [1.54, 1.807) is 0 Å². The van der Waals surface area contributed by atoms with Gasteiger partial charge in [-0.05, 0) is 35.9 Å². The van der Waals surface area contributed by atoms with Crippen molar-refractivity contribution in [3.05, 3.63) is 20.9 Å². The monoisotopic (exact) mass is 344 g/mol. The van der Waals surface area contributed by atoms with E-state index in [1.165, 1.54) is 0 Å². The standard InChI is InChI=1S/C9H11Cl2IN2/c1-3-4-6(12)7-5(2)13-9(11)14-8(7)10/h4,9,13H,3H2,1-2H3/b6-4+. The number of hydrogen-bond acceptors (Lipinski definition) is 2. The summed E-state index contributed by atoms with van der Waals surface area (Å²) >= 11 is 14.1. The van der Waals surface area contributed by atoms with Crippen LogP contribution in [0.25, 0.3) is 0 Å². The number of nitrogens with zero attached hydrogens (tertiary/aromatic N) is 1. The average molecular weight is 345 g/mol. The van der Waals surface area contributed by atoms with Crippen LogP contribution in [-0.4, -0.2) is 10.8 Å². The molecule has 0 saturated carbocycles. The Labute approximate surface area is 108 Å². The first kappa shape index (κ1) is 12.3. The van der Waals surface area contributed by atoms with Crippen LogP contribution in [0.3, 0.4) is 0 Å². The second-order valence-corrected chi connectivity index (χ2v) is 4.79. The van der Waals surface area contributed by atoms with E-state index in [0.29, 0.717) is 5.17 Å². The van der Waals surface area contributed by atoms with Gasteiger partial charge in [0.1, 0.15) is 5.17 Å². The minimum Gasteiger partial charge on any atom is -0.354 e. The highest BCUT2D eigenvalue weighted by Crippen LogP contribution is 2.27. The van der Waals surface area contributed by atoms with Crippen LogP contribution in [0, 0.1) is 0 Å². The fraction of sp³-hybridized carbons (Fsp3) is 0.444. The molecule has 0 radical (unpaired) electrons. The number of nitrogens with one attached hydrogen (secondary N) is 1. The molecule has 0 saturated heterocycles. The van der Waals surface area contributed by atoms with E-state index >= 15 is 0 Å². The normalized spacial score (nSPS) is 23.4. The van der Waals surface area contributed by atoms with Crippen LogP contribution in [0.15, 0.2) is 25.9 Å². The van der Waals surface area contributed by atoms with Crippen molar-refractivity contribution in [1.29, 1.82) is 0 Å². The fourth-order valence-corrected chi connectivity index (χ4v) is 3.07. The zero-order valence-corrected chi connectivity index (χ0v) is 11.6. The van der Waals surface area contributed by atoms with Crippen LogP contribution in [-0.2, 0) is 0 Å². The molecule has 0 aromatic heterocycles. The van der Waals surface area contributed by atoms with E-state index in [2.05, 4.69) is 45.9 Å². The van der Waals surface area contributed by atoms with Gasteiger partial charge in [0.25, 0.3) is 0 Å². The first-order valence-corrected chi connectivity index (χ1v) is 6.16. The lowest BCUT2D eigenvalue weighted by Crippen LogP contribution is -2.27. The van der Waals surface area contributed by atoms with Gasteiger partial charge in [0.05, 0.1) is 0 Å². The molecule has 5 heteroatoms. The Hall–Kier alpha value is 0.260. The second kappa shape index (κ2) is 5.37. The van der Waals surface area contributed by atoms with Gasteiger partial charge in [-0.2, -0.15) is 0 Å². The Balaban J connectivity index is 3.03. The summed E-state index contributed by atoms with van der Waals surface area (Å²) in [5.74, 6) is 0. The summed E-state index contributed by atoms with van der Waals surface area (Å²) in [6.45, 7) is 4.03. The molecule has 1 N–H and O–H groups in total. The lowest BCUT2D eigenvalue weighted by molar-refractivity contribution is 0.749. The maximum atomic E-state index is 6.03. The maximum Gasteiger partial charge on any atom is 0.196 e. The van der Waals surface area contributed by atoms with Crippen LogP contribution < -0.4 is 5.32 Å². The highest BCUT2D eigenvalue weighted by molar-refractivity contribution is 14.1. The summed E-state index contributed by atoms with van der Waals surface area (Å²) in [5, 5.41) is 3.51. The Morgan fingerprint density at radius 2 is 2.36 bits per heavy atom. The van der Waals surface area contributed by atoms with Crippen molar-refractivity contribution in [3.8, 4) is 0 Å². The van der Waals surface area contributed by atoms with Gasteiger partial charge in [-0.25, -0.2) is 4.99 Å². The number of hydrogen-bond donors (Lipinski definition) is 1. The van der Waals surface area contributed by atoms with Crippen molar-refractivity contribution in [2.45, 2.75) is 25.9 Å². The smallest absolute Gasteiger partial charge is 0.196 e. The molecule has 0 aromatic rings. The topological polar surface area (TPSA) is 24.4 Å². The molecule has 0 amide bonds. The Morgan fingerprint density at radius 1 is 1.71 bits per heavy atom. The maximum absolute atomic E-state index is 6.03. The summed E-state index contributed by atoms with van der Waals surface area (Å²) in [6, 6.07) is 0. The van der Waals surface area contributed by atoms with Gasteiger partial charge in [0, 0.05) is 14.8 Å². The summed E-state index contributed by atoms with van der Waals surface area (Å²) in [7, 11) is 0. The molecule has 0 aromatic carbocycles. The predicted molar refractivity (Wildman–Crippen MR) is 71.2 cm³/mol. The zero-order valence-electron chi connectivity index (χ0n) is 7.94. The molecule has 0 aliphatic carbocycles. The first-order chi connectivity index (χ1) is 6.56. The van der Waals surface area contributed by atoms with Crippen molar-refractivity contribution in [2.24, 2.45) is 4.99 Å². The fourth-order valence-electron chi connectivity index (χ4n) is 1.16. The predicted octanol–water partition coefficient (Wildman–Crippen LogP) is 3.75. The van der Waals surface area contributed by atoms with Crippen molar-refractivity contribution >= 4 is 51.0 Å². The van der Waals surface area contributed by atoms with Gasteiger partial charge < -0.3 is 5.32 Å². The number of allylic oxidation sites excluding steroid dienone is 4. The van der Waals surface area contributed by atoms with Crippen molar-refractivity contribution < 1.29 is 0 Å². The molecule has 78 valence electrons. The summed E-state index contributed by atoms with van der Waals surface area (Å²) in [4.78, 5) is 4.05. The van der Waals surface area contributed by atoms with Crippen LogP contribution in [0.5, 0.6) is 0 Å². The van der Waals surface area contributed by atoms with E-state index in [-0.39, 0.29) is 0 Å². The third kappa shape index (κ3) is 2.87. The minimum absolute atomic E-state index is 0.447. The van der Waals surface area contributed by atoms with Crippen LogP contribution in [0.1, 0.15) is 20.3 Å². The molecule has 14 heavy (non-hydrogen) atoms. The van der Waals surface area contributed by atoms with E-state index in [4.69, 9.17) is 23.2 Å². The highest BCUT2D eigenvalue weighted by Gasteiger charge is 2.19. The molecule has 0 spiro atoms. The van der Waals surface area contributed by atoms with Gasteiger partial charge in [-0.1, -0.05) is 36.2 Å². The molecule has 1 aliphatic rings. The summed E-state index contributed by atoms with van der Waals surface area (Å²) in [5.41, 5.74) is 1.47. The lowest BCUT2D eigenvalue weighted by Gasteiger charge is -2.20. The number of alkyl halides is 1. The van der Waals surface area contributed by atoms with Crippen molar-refractivity contribution in [2.75, 3.05) is 0 Å². The molecule has 1 aliphatic heterocycles. The van der Waals surface area contributed by atoms with E-state index in [9.17, 15) is 0 Å². The highest BCUT2D eigenvalue weighted by atomic mass is 127. The molecule has 0 fully saturated rings. The van der Waals surface area contributed by atoms with Gasteiger partial charge in [0.2, 0.25) is 0 Å². The van der Waals surface area contributed by atoms with Crippen LogP contribution in [0.2, 0.25) is 0 Å². The van der Waals surface area contributed by atoms with Gasteiger partial charge in [-0.15, -0.1) is 0 Å². The third-order valence-electron chi connectivity index (χ3n) is 1.77. The minimum atomic E-state index is -0.447. The largest absolute Gasteiger partial charge is 0.354 e. The third-order valence-corrected chi connectivity index (χ3v) is 3.24. The Kier molecular flexibility index (Phi) is 4.73. The van der Waals surface area contributed by atoms with Gasteiger partial charge >= 0.3 is 0 Å². The number of rotatable bonds is 2. The molecule has 2 nitrogen and oxygen atoms in total. The molecule has 1 heterocycles. The van der Waals surface area contributed by atoms with E-state index in [0.717, 1.165) is 21.3 Å². The molecule has 0 bridgehead atoms. The molecule has 1 unspecified atom stereocenters. The zero-order chi connectivity index (χ0) is 10.7. The number of halogens is 3.